The number of hydrogen-bond donors (Lipinski definition) is 3. The molecule has 0 aliphatic rings. The molecule has 20 heavy (non-hydrogen) atoms. The molecule has 0 saturated carbocycles. The van der Waals surface area contributed by atoms with E-state index >= 15 is 0 Å². The molecule has 0 spiro atoms. The zero-order valence-electron chi connectivity index (χ0n) is 11.5. The van der Waals surface area contributed by atoms with Crippen LogP contribution in [0.2, 0.25) is 0 Å². The smallest absolute Gasteiger partial charge is 0.340 e. The van der Waals surface area contributed by atoms with Crippen LogP contribution in [-0.2, 0) is 20.7 Å². The lowest BCUT2D eigenvalue weighted by Crippen LogP contribution is -2.26. The van der Waals surface area contributed by atoms with E-state index in [0.29, 0.717) is 17.0 Å². The minimum atomic E-state index is -1.60. The summed E-state index contributed by atoms with van der Waals surface area (Å²) in [4.78, 5) is 36.7. The fraction of sp³-hybridized carbons (Fsp3) is 0.462. The normalized spacial score (nSPS) is 10.6. The average molecular weight is 283 g/mol. The number of aromatic amines is 1. The first kappa shape index (κ1) is 15.7. The number of aliphatic carboxylic acids is 2. The number of carboxylic acid groups (broad SMARTS) is 2. The maximum Gasteiger partial charge on any atom is 0.340 e. The summed E-state index contributed by atoms with van der Waals surface area (Å²) in [6.07, 6.45) is -0.269. The second-order valence-electron chi connectivity index (χ2n) is 4.38. The molecule has 0 atom stereocenters. The molecule has 0 aromatic carbocycles. The number of rotatable bonds is 6. The molecule has 0 fully saturated rings. The van der Waals surface area contributed by atoms with Crippen LogP contribution in [0.5, 0.6) is 0 Å². The highest BCUT2D eigenvalue weighted by atomic mass is 16.5. The van der Waals surface area contributed by atoms with Gasteiger partial charge in [-0.05, 0) is 32.8 Å². The first-order valence-electron chi connectivity index (χ1n) is 6.10. The van der Waals surface area contributed by atoms with E-state index in [-0.39, 0.29) is 18.6 Å². The predicted molar refractivity (Wildman–Crippen MR) is 68.7 cm³/mol. The monoisotopic (exact) mass is 283 g/mol. The molecule has 0 aliphatic heterocycles. The minimum absolute atomic E-state index is 0.184. The fourth-order valence-electron chi connectivity index (χ4n) is 2.05. The van der Waals surface area contributed by atoms with Crippen LogP contribution < -0.4 is 0 Å². The Morgan fingerprint density at radius 3 is 2.15 bits per heavy atom. The van der Waals surface area contributed by atoms with Crippen LogP contribution in [0.4, 0.5) is 0 Å². The van der Waals surface area contributed by atoms with Crippen molar-refractivity contribution in [1.82, 2.24) is 4.98 Å². The topological polar surface area (TPSA) is 117 Å². The van der Waals surface area contributed by atoms with Crippen molar-refractivity contribution in [2.24, 2.45) is 5.92 Å². The summed E-state index contributed by atoms with van der Waals surface area (Å²) in [6, 6.07) is 0. The van der Waals surface area contributed by atoms with Crippen molar-refractivity contribution >= 4 is 17.9 Å². The van der Waals surface area contributed by atoms with Gasteiger partial charge in [-0.1, -0.05) is 0 Å². The number of aryl methyl sites for hydroxylation is 2. The molecule has 1 aromatic rings. The van der Waals surface area contributed by atoms with E-state index in [4.69, 9.17) is 14.9 Å². The van der Waals surface area contributed by atoms with Gasteiger partial charge in [-0.25, -0.2) is 4.79 Å². The molecule has 3 N–H and O–H groups in total. The zero-order valence-corrected chi connectivity index (χ0v) is 11.5. The third kappa shape index (κ3) is 3.17. The summed E-state index contributed by atoms with van der Waals surface area (Å²) in [5.41, 5.74) is 1.69. The summed E-state index contributed by atoms with van der Waals surface area (Å²) in [5, 5.41) is 17.9. The van der Waals surface area contributed by atoms with Crippen LogP contribution in [0, 0.1) is 19.8 Å². The second-order valence-corrected chi connectivity index (χ2v) is 4.38. The Morgan fingerprint density at radius 2 is 1.70 bits per heavy atom. The predicted octanol–water partition coefficient (Wildman–Crippen LogP) is 1.14. The van der Waals surface area contributed by atoms with Gasteiger partial charge in [-0.3, -0.25) is 9.59 Å². The molecule has 1 aromatic heterocycles. The third-order valence-electron chi connectivity index (χ3n) is 2.99. The first-order valence-corrected chi connectivity index (χ1v) is 6.10. The molecule has 0 bridgehead atoms. The van der Waals surface area contributed by atoms with Gasteiger partial charge in [0.05, 0.1) is 12.2 Å². The summed E-state index contributed by atoms with van der Waals surface area (Å²) in [7, 11) is 0. The highest BCUT2D eigenvalue weighted by Gasteiger charge is 2.30. The number of carbonyl (C=O) groups excluding carboxylic acids is 1. The van der Waals surface area contributed by atoms with E-state index in [0.717, 1.165) is 0 Å². The van der Waals surface area contributed by atoms with Crippen LogP contribution in [0.25, 0.3) is 0 Å². The third-order valence-corrected chi connectivity index (χ3v) is 2.99. The maximum atomic E-state index is 11.9. The molecule has 0 unspecified atom stereocenters. The number of nitrogens with one attached hydrogen (secondary N) is 1. The van der Waals surface area contributed by atoms with Crippen molar-refractivity contribution < 1.29 is 29.3 Å². The SMILES string of the molecule is CCOC(=O)c1c(C)[nH]c(C)c1CC(C(=O)O)C(=O)O. The summed E-state index contributed by atoms with van der Waals surface area (Å²) in [6.45, 7) is 5.15. The number of H-pyrrole nitrogens is 1. The lowest BCUT2D eigenvalue weighted by molar-refractivity contribution is -0.154. The van der Waals surface area contributed by atoms with Crippen molar-refractivity contribution in [3.8, 4) is 0 Å². The van der Waals surface area contributed by atoms with E-state index in [1.54, 1.807) is 20.8 Å². The van der Waals surface area contributed by atoms with E-state index in [1.807, 2.05) is 0 Å². The van der Waals surface area contributed by atoms with Gasteiger partial charge in [0.15, 0.2) is 5.92 Å². The molecule has 0 amide bonds. The van der Waals surface area contributed by atoms with Gasteiger partial charge >= 0.3 is 17.9 Å². The van der Waals surface area contributed by atoms with E-state index in [2.05, 4.69) is 4.98 Å². The summed E-state index contributed by atoms with van der Waals surface area (Å²) < 4.78 is 4.91. The Balaban J connectivity index is 3.20. The Labute approximate surface area is 115 Å². The largest absolute Gasteiger partial charge is 0.481 e. The molecule has 110 valence electrons. The molecule has 0 saturated heterocycles. The second kappa shape index (κ2) is 6.23. The molecule has 0 aliphatic carbocycles. The quantitative estimate of drug-likeness (QED) is 0.532. The Bertz CT molecular complexity index is 531. The van der Waals surface area contributed by atoms with Gasteiger partial charge in [0.1, 0.15) is 0 Å². The molecular weight excluding hydrogens is 266 g/mol. The molecule has 7 heteroatoms. The molecular formula is C13H17NO6. The van der Waals surface area contributed by atoms with Crippen LogP contribution in [0.3, 0.4) is 0 Å². The van der Waals surface area contributed by atoms with Gasteiger partial charge < -0.3 is 19.9 Å². The number of aromatic nitrogens is 1. The van der Waals surface area contributed by atoms with Crippen LogP contribution in [0.15, 0.2) is 0 Å². The van der Waals surface area contributed by atoms with Crippen LogP contribution >= 0.6 is 0 Å². The Hall–Kier alpha value is -2.31. The van der Waals surface area contributed by atoms with Crippen molar-refractivity contribution in [2.45, 2.75) is 27.2 Å². The number of ether oxygens (including phenoxy) is 1. The van der Waals surface area contributed by atoms with Crippen LogP contribution in [0.1, 0.15) is 34.2 Å². The first-order chi connectivity index (χ1) is 9.29. The van der Waals surface area contributed by atoms with Crippen molar-refractivity contribution in [3.63, 3.8) is 0 Å². The molecule has 0 radical (unpaired) electrons. The number of carbonyl (C=O) groups is 3. The lowest BCUT2D eigenvalue weighted by atomic mass is 9.96. The van der Waals surface area contributed by atoms with Gasteiger partial charge in [-0.2, -0.15) is 0 Å². The highest BCUT2D eigenvalue weighted by molar-refractivity contribution is 5.96. The summed E-state index contributed by atoms with van der Waals surface area (Å²) in [5.74, 6) is -5.06. The van der Waals surface area contributed by atoms with Gasteiger partial charge in [0.2, 0.25) is 0 Å². The Kier molecular flexibility index (Phi) is 4.90. The number of esters is 1. The molecule has 7 nitrogen and oxygen atoms in total. The number of carboxylic acids is 2. The van der Waals surface area contributed by atoms with E-state index in [1.165, 1.54) is 0 Å². The van der Waals surface area contributed by atoms with E-state index < -0.39 is 23.8 Å². The minimum Gasteiger partial charge on any atom is -0.481 e. The van der Waals surface area contributed by atoms with Gasteiger partial charge in [0, 0.05) is 11.4 Å². The van der Waals surface area contributed by atoms with Crippen LogP contribution in [-0.4, -0.2) is 39.7 Å². The fourth-order valence-corrected chi connectivity index (χ4v) is 2.05. The standard InChI is InChI=1S/C13H17NO6/c1-4-20-13(19)10-7(3)14-6(2)8(10)5-9(11(15)16)12(17)18/h9,14H,4-5H2,1-3H3,(H,15,16)(H,17,18). The van der Waals surface area contributed by atoms with Gasteiger partial charge in [0.25, 0.3) is 0 Å². The Morgan fingerprint density at radius 1 is 1.15 bits per heavy atom. The maximum absolute atomic E-state index is 11.9. The van der Waals surface area contributed by atoms with E-state index in [9.17, 15) is 14.4 Å². The zero-order chi connectivity index (χ0) is 15.4. The average Bonchev–Trinajstić information content (AvgIpc) is 2.60. The number of hydrogen-bond acceptors (Lipinski definition) is 4. The van der Waals surface area contributed by atoms with Gasteiger partial charge in [-0.15, -0.1) is 0 Å². The van der Waals surface area contributed by atoms with Crippen molar-refractivity contribution in [3.05, 3.63) is 22.5 Å². The molecule has 1 heterocycles. The summed E-state index contributed by atoms with van der Waals surface area (Å²) >= 11 is 0. The lowest BCUT2D eigenvalue weighted by Gasteiger charge is -2.10. The van der Waals surface area contributed by atoms with Crippen molar-refractivity contribution in [1.29, 1.82) is 0 Å². The molecule has 1 rings (SSSR count). The van der Waals surface area contributed by atoms with Crippen molar-refractivity contribution in [2.75, 3.05) is 6.61 Å². The highest BCUT2D eigenvalue weighted by Crippen LogP contribution is 2.23.